The molecule has 2 rings (SSSR count). The summed E-state index contributed by atoms with van der Waals surface area (Å²) in [5.74, 6) is -0.328. The van der Waals surface area contributed by atoms with Crippen LogP contribution in [0.2, 0.25) is 0 Å². The first kappa shape index (κ1) is 12.8. The van der Waals surface area contributed by atoms with Crippen molar-refractivity contribution in [1.29, 1.82) is 0 Å². The highest BCUT2D eigenvalue weighted by atomic mass is 16.1. The predicted octanol–water partition coefficient (Wildman–Crippen LogP) is 0.986. The van der Waals surface area contributed by atoms with Gasteiger partial charge in [0.2, 0.25) is 5.91 Å². The number of amides is 1. The van der Waals surface area contributed by atoms with E-state index in [4.69, 9.17) is 11.5 Å². The van der Waals surface area contributed by atoms with Gasteiger partial charge < -0.3 is 11.5 Å². The Morgan fingerprint density at radius 3 is 2.53 bits per heavy atom. The number of carbonyl (C=O) groups is 1. The maximum atomic E-state index is 11.4. The third-order valence-corrected chi connectivity index (χ3v) is 4.27. The molecule has 2 aliphatic carbocycles. The Morgan fingerprint density at radius 1 is 1.35 bits per heavy atom. The van der Waals surface area contributed by atoms with Crippen molar-refractivity contribution in [2.24, 2.45) is 11.5 Å². The number of unbranched alkanes of at least 4 members (excludes halogenated alkanes) is 1. The van der Waals surface area contributed by atoms with Crippen LogP contribution in [0.25, 0.3) is 0 Å². The Labute approximate surface area is 104 Å². The fourth-order valence-corrected chi connectivity index (χ4v) is 2.97. The largest absolute Gasteiger partial charge is 0.368 e. The first-order chi connectivity index (χ1) is 8.07. The summed E-state index contributed by atoms with van der Waals surface area (Å²) < 4.78 is 0. The number of carbonyl (C=O) groups excluding carboxylic acids is 1. The molecule has 0 aromatic rings. The molecule has 0 saturated heterocycles. The van der Waals surface area contributed by atoms with E-state index in [1.165, 1.54) is 25.7 Å². The molecule has 17 heavy (non-hydrogen) atoms. The quantitative estimate of drug-likeness (QED) is 0.726. The number of nitrogens with two attached hydrogens (primary N) is 2. The van der Waals surface area contributed by atoms with Gasteiger partial charge in [0.05, 0.1) is 5.54 Å². The third-order valence-electron chi connectivity index (χ3n) is 4.27. The van der Waals surface area contributed by atoms with Crippen LogP contribution < -0.4 is 11.5 Å². The van der Waals surface area contributed by atoms with E-state index in [0.717, 1.165) is 31.8 Å². The Morgan fingerprint density at radius 2 is 2.06 bits per heavy atom. The van der Waals surface area contributed by atoms with Gasteiger partial charge in [-0.25, -0.2) is 0 Å². The summed E-state index contributed by atoms with van der Waals surface area (Å²) in [5, 5.41) is 0. The van der Waals surface area contributed by atoms with Crippen LogP contribution in [0.4, 0.5) is 0 Å². The zero-order valence-corrected chi connectivity index (χ0v) is 10.8. The monoisotopic (exact) mass is 239 g/mol. The minimum atomic E-state index is -0.746. The van der Waals surface area contributed by atoms with Crippen molar-refractivity contribution in [3.8, 4) is 0 Å². The Kier molecular flexibility index (Phi) is 3.73. The molecule has 4 N–H and O–H groups in total. The van der Waals surface area contributed by atoms with Crippen molar-refractivity contribution >= 4 is 5.91 Å². The van der Waals surface area contributed by atoms with E-state index in [2.05, 4.69) is 11.8 Å². The standard InChI is InChI=1S/C13H25N3O/c1-2-3-8-16(10-4-5-10)11-6-7-13(15,9-11)12(14)17/h10-11H,2-9,15H2,1H3,(H2,14,17). The molecule has 1 amide bonds. The van der Waals surface area contributed by atoms with Crippen molar-refractivity contribution in [3.63, 3.8) is 0 Å². The van der Waals surface area contributed by atoms with Gasteiger partial charge in [0.1, 0.15) is 0 Å². The molecule has 0 aliphatic heterocycles. The van der Waals surface area contributed by atoms with E-state index >= 15 is 0 Å². The maximum Gasteiger partial charge on any atom is 0.237 e. The van der Waals surface area contributed by atoms with Crippen molar-refractivity contribution < 1.29 is 4.79 Å². The van der Waals surface area contributed by atoms with E-state index in [-0.39, 0.29) is 5.91 Å². The molecule has 0 radical (unpaired) electrons. The molecule has 0 aromatic carbocycles. The summed E-state index contributed by atoms with van der Waals surface area (Å²) in [4.78, 5) is 14.0. The first-order valence-electron chi connectivity index (χ1n) is 6.91. The van der Waals surface area contributed by atoms with E-state index in [0.29, 0.717) is 6.04 Å². The lowest BCUT2D eigenvalue weighted by Gasteiger charge is -2.30. The smallest absolute Gasteiger partial charge is 0.237 e. The van der Waals surface area contributed by atoms with Crippen molar-refractivity contribution in [1.82, 2.24) is 4.90 Å². The van der Waals surface area contributed by atoms with Gasteiger partial charge in [0, 0.05) is 12.1 Å². The highest BCUT2D eigenvalue weighted by Crippen LogP contribution is 2.37. The van der Waals surface area contributed by atoms with Crippen LogP contribution in [0.3, 0.4) is 0 Å². The van der Waals surface area contributed by atoms with Gasteiger partial charge in [-0.15, -0.1) is 0 Å². The summed E-state index contributed by atoms with van der Waals surface area (Å²) in [6, 6.07) is 1.23. The predicted molar refractivity (Wildman–Crippen MR) is 68.4 cm³/mol. The highest BCUT2D eigenvalue weighted by molar-refractivity contribution is 5.84. The summed E-state index contributed by atoms with van der Waals surface area (Å²) in [6.07, 6.45) is 7.62. The molecule has 0 aromatic heterocycles. The zero-order valence-electron chi connectivity index (χ0n) is 10.8. The number of rotatable bonds is 6. The van der Waals surface area contributed by atoms with Crippen LogP contribution in [-0.2, 0) is 4.79 Å². The Bertz CT molecular complexity index is 290. The van der Waals surface area contributed by atoms with E-state index < -0.39 is 5.54 Å². The van der Waals surface area contributed by atoms with Gasteiger partial charge >= 0.3 is 0 Å². The fourth-order valence-electron chi connectivity index (χ4n) is 2.97. The average molecular weight is 239 g/mol. The van der Waals surface area contributed by atoms with Crippen LogP contribution in [0, 0.1) is 0 Å². The van der Waals surface area contributed by atoms with Gasteiger partial charge in [-0.3, -0.25) is 9.69 Å². The van der Waals surface area contributed by atoms with E-state index in [1.807, 2.05) is 0 Å². The van der Waals surface area contributed by atoms with Crippen molar-refractivity contribution in [3.05, 3.63) is 0 Å². The molecule has 2 atom stereocenters. The minimum Gasteiger partial charge on any atom is -0.368 e. The molecule has 2 aliphatic rings. The summed E-state index contributed by atoms with van der Waals surface area (Å²) in [5.41, 5.74) is 10.7. The zero-order chi connectivity index (χ0) is 12.5. The fraction of sp³-hybridized carbons (Fsp3) is 0.923. The maximum absolute atomic E-state index is 11.4. The van der Waals surface area contributed by atoms with E-state index in [9.17, 15) is 4.79 Å². The summed E-state index contributed by atoms with van der Waals surface area (Å²) in [7, 11) is 0. The number of primary amides is 1. The SMILES string of the molecule is CCCCN(C1CC1)C1CCC(N)(C(N)=O)C1. The molecule has 0 heterocycles. The lowest BCUT2D eigenvalue weighted by Crippen LogP contribution is -2.51. The number of hydrogen-bond acceptors (Lipinski definition) is 3. The molecule has 4 heteroatoms. The van der Waals surface area contributed by atoms with E-state index in [1.54, 1.807) is 0 Å². The van der Waals surface area contributed by atoms with Gasteiger partial charge in [-0.2, -0.15) is 0 Å². The molecule has 4 nitrogen and oxygen atoms in total. The van der Waals surface area contributed by atoms with Crippen LogP contribution in [0.1, 0.15) is 51.9 Å². The Balaban J connectivity index is 1.94. The normalized spacial score (nSPS) is 33.2. The Hall–Kier alpha value is -0.610. The summed E-state index contributed by atoms with van der Waals surface area (Å²) in [6.45, 7) is 3.37. The number of nitrogens with zero attached hydrogens (tertiary/aromatic N) is 1. The lowest BCUT2D eigenvalue weighted by molar-refractivity contribution is -0.123. The van der Waals surface area contributed by atoms with Gasteiger partial charge in [-0.05, 0) is 45.1 Å². The molecule has 0 bridgehead atoms. The average Bonchev–Trinajstić information content (AvgIpc) is 3.03. The topological polar surface area (TPSA) is 72.3 Å². The second-order valence-corrected chi connectivity index (χ2v) is 5.74. The highest BCUT2D eigenvalue weighted by Gasteiger charge is 2.45. The van der Waals surface area contributed by atoms with Crippen molar-refractivity contribution in [2.75, 3.05) is 6.54 Å². The van der Waals surface area contributed by atoms with Crippen LogP contribution in [-0.4, -0.2) is 35.0 Å². The van der Waals surface area contributed by atoms with Gasteiger partial charge in [0.15, 0.2) is 0 Å². The second kappa shape index (κ2) is 4.94. The molecule has 98 valence electrons. The van der Waals surface area contributed by atoms with Crippen LogP contribution in [0.5, 0.6) is 0 Å². The van der Waals surface area contributed by atoms with Gasteiger partial charge in [0.25, 0.3) is 0 Å². The first-order valence-corrected chi connectivity index (χ1v) is 6.91. The van der Waals surface area contributed by atoms with Crippen molar-refractivity contribution in [2.45, 2.75) is 69.5 Å². The lowest BCUT2D eigenvalue weighted by atomic mass is 9.98. The van der Waals surface area contributed by atoms with Gasteiger partial charge in [-0.1, -0.05) is 13.3 Å². The van der Waals surface area contributed by atoms with Crippen LogP contribution >= 0.6 is 0 Å². The molecule has 2 saturated carbocycles. The molecule has 2 fully saturated rings. The number of hydrogen-bond donors (Lipinski definition) is 2. The molecular weight excluding hydrogens is 214 g/mol. The summed E-state index contributed by atoms with van der Waals surface area (Å²) >= 11 is 0. The van der Waals surface area contributed by atoms with Crippen LogP contribution in [0.15, 0.2) is 0 Å². The minimum absolute atomic E-state index is 0.328. The molecule has 0 spiro atoms. The second-order valence-electron chi connectivity index (χ2n) is 5.74. The molecule has 2 unspecified atom stereocenters. The molecular formula is C13H25N3O. The third kappa shape index (κ3) is 2.80.